The molecule has 3 atom stereocenters. The van der Waals surface area contributed by atoms with Gasteiger partial charge in [-0.1, -0.05) is 18.1 Å². The lowest BCUT2D eigenvalue weighted by Crippen LogP contribution is -2.47. The van der Waals surface area contributed by atoms with Gasteiger partial charge in [0.25, 0.3) is 0 Å². The van der Waals surface area contributed by atoms with Crippen molar-refractivity contribution in [3.05, 3.63) is 12.4 Å². The standard InChI is InChI=1S/C14H25N5/c1-2-5-13(12(4-1)14-6-3-7-15-14)16-8-10-19-11-9-17-18-19/h9,11-16H,1-8,10H2. The summed E-state index contributed by atoms with van der Waals surface area (Å²) >= 11 is 0. The van der Waals surface area contributed by atoms with Gasteiger partial charge in [-0.25, -0.2) is 0 Å². The number of nitrogens with zero attached hydrogens (tertiary/aromatic N) is 3. The molecule has 2 aliphatic rings. The Hall–Kier alpha value is -0.940. The van der Waals surface area contributed by atoms with Gasteiger partial charge in [0, 0.05) is 24.8 Å². The van der Waals surface area contributed by atoms with Crippen LogP contribution < -0.4 is 10.6 Å². The van der Waals surface area contributed by atoms with Crippen molar-refractivity contribution in [2.75, 3.05) is 13.1 Å². The van der Waals surface area contributed by atoms with Crippen LogP contribution in [0.1, 0.15) is 38.5 Å². The van der Waals surface area contributed by atoms with Crippen molar-refractivity contribution in [1.29, 1.82) is 0 Å². The van der Waals surface area contributed by atoms with Crippen LogP contribution in [0, 0.1) is 5.92 Å². The molecule has 1 aliphatic carbocycles. The van der Waals surface area contributed by atoms with E-state index in [0.29, 0.717) is 6.04 Å². The topological polar surface area (TPSA) is 54.8 Å². The second kappa shape index (κ2) is 6.48. The van der Waals surface area contributed by atoms with E-state index in [1.807, 2.05) is 10.9 Å². The zero-order chi connectivity index (χ0) is 12.9. The SMILES string of the molecule is c1cn(CCNC2CCCCC2C2CCCN2)nn1. The molecule has 0 spiro atoms. The fourth-order valence-corrected chi connectivity index (χ4v) is 3.69. The molecule has 0 amide bonds. The molecule has 19 heavy (non-hydrogen) atoms. The van der Waals surface area contributed by atoms with E-state index < -0.39 is 0 Å². The molecule has 1 aromatic rings. The van der Waals surface area contributed by atoms with Crippen LogP contribution in [0.5, 0.6) is 0 Å². The van der Waals surface area contributed by atoms with Gasteiger partial charge in [-0.05, 0) is 38.1 Å². The van der Waals surface area contributed by atoms with Gasteiger partial charge in [0.05, 0.1) is 12.7 Å². The summed E-state index contributed by atoms with van der Waals surface area (Å²) in [6, 6.07) is 1.44. The van der Waals surface area contributed by atoms with E-state index in [4.69, 9.17) is 0 Å². The summed E-state index contributed by atoms with van der Waals surface area (Å²) in [6.45, 7) is 3.13. The second-order valence-electron chi connectivity index (χ2n) is 5.88. The van der Waals surface area contributed by atoms with Crippen LogP contribution in [0.15, 0.2) is 12.4 Å². The first-order valence-corrected chi connectivity index (χ1v) is 7.74. The fourth-order valence-electron chi connectivity index (χ4n) is 3.69. The van der Waals surface area contributed by atoms with Gasteiger partial charge in [-0.3, -0.25) is 4.68 Å². The molecule has 2 fully saturated rings. The summed E-state index contributed by atoms with van der Waals surface area (Å²) in [6.07, 6.45) is 11.9. The Kier molecular flexibility index (Phi) is 4.45. The minimum Gasteiger partial charge on any atom is -0.314 e. The molecule has 2 N–H and O–H groups in total. The van der Waals surface area contributed by atoms with E-state index in [9.17, 15) is 0 Å². The quantitative estimate of drug-likeness (QED) is 0.837. The lowest BCUT2D eigenvalue weighted by atomic mass is 9.79. The molecule has 0 bridgehead atoms. The van der Waals surface area contributed by atoms with Crippen LogP contribution in [0.3, 0.4) is 0 Å². The number of rotatable bonds is 5. The van der Waals surface area contributed by atoms with Gasteiger partial charge in [-0.2, -0.15) is 0 Å². The first-order chi connectivity index (χ1) is 9.43. The highest BCUT2D eigenvalue weighted by molar-refractivity contribution is 4.91. The Morgan fingerprint density at radius 3 is 2.95 bits per heavy atom. The van der Waals surface area contributed by atoms with E-state index in [1.165, 1.54) is 45.1 Å². The van der Waals surface area contributed by atoms with Crippen LogP contribution >= 0.6 is 0 Å². The third-order valence-electron chi connectivity index (χ3n) is 4.65. The van der Waals surface area contributed by atoms with E-state index in [0.717, 1.165) is 25.0 Å². The van der Waals surface area contributed by atoms with Gasteiger partial charge in [0.1, 0.15) is 0 Å². The smallest absolute Gasteiger partial charge is 0.0692 e. The van der Waals surface area contributed by atoms with Gasteiger partial charge in [0.15, 0.2) is 0 Å². The number of hydrogen-bond acceptors (Lipinski definition) is 4. The fraction of sp³-hybridized carbons (Fsp3) is 0.857. The van der Waals surface area contributed by atoms with E-state index in [-0.39, 0.29) is 0 Å². The van der Waals surface area contributed by atoms with E-state index in [1.54, 1.807) is 6.20 Å². The molecule has 5 nitrogen and oxygen atoms in total. The molecule has 0 aromatic carbocycles. The summed E-state index contributed by atoms with van der Waals surface area (Å²) < 4.78 is 1.90. The highest BCUT2D eigenvalue weighted by atomic mass is 15.4. The van der Waals surface area contributed by atoms with Crippen molar-refractivity contribution >= 4 is 0 Å². The third kappa shape index (κ3) is 3.34. The first kappa shape index (κ1) is 13.1. The Morgan fingerprint density at radius 1 is 1.21 bits per heavy atom. The van der Waals surface area contributed by atoms with Crippen LogP contribution in [-0.2, 0) is 6.54 Å². The average molecular weight is 263 g/mol. The van der Waals surface area contributed by atoms with Crippen molar-refractivity contribution in [3.8, 4) is 0 Å². The summed E-state index contributed by atoms with van der Waals surface area (Å²) in [5, 5.41) is 15.3. The second-order valence-corrected chi connectivity index (χ2v) is 5.88. The Balaban J connectivity index is 1.49. The normalized spacial score (nSPS) is 31.7. The third-order valence-corrected chi connectivity index (χ3v) is 4.65. The lowest BCUT2D eigenvalue weighted by Gasteiger charge is -2.36. The summed E-state index contributed by atoms with van der Waals surface area (Å²) in [7, 11) is 0. The maximum absolute atomic E-state index is 4.01. The van der Waals surface area contributed by atoms with E-state index >= 15 is 0 Å². The van der Waals surface area contributed by atoms with Gasteiger partial charge >= 0.3 is 0 Å². The molecular weight excluding hydrogens is 238 g/mol. The summed E-state index contributed by atoms with van der Waals surface area (Å²) in [5.74, 6) is 0.826. The molecule has 5 heteroatoms. The number of nitrogens with one attached hydrogen (secondary N) is 2. The zero-order valence-electron chi connectivity index (χ0n) is 11.6. The molecule has 2 heterocycles. The van der Waals surface area contributed by atoms with Crippen LogP contribution in [0.2, 0.25) is 0 Å². The van der Waals surface area contributed by atoms with Gasteiger partial charge in [0.2, 0.25) is 0 Å². The minimum atomic E-state index is 0.688. The molecule has 106 valence electrons. The molecule has 0 radical (unpaired) electrons. The summed E-state index contributed by atoms with van der Waals surface area (Å²) in [4.78, 5) is 0. The number of hydrogen-bond donors (Lipinski definition) is 2. The van der Waals surface area contributed by atoms with Gasteiger partial charge < -0.3 is 10.6 Å². The molecule has 3 rings (SSSR count). The van der Waals surface area contributed by atoms with Gasteiger partial charge in [-0.15, -0.1) is 5.10 Å². The van der Waals surface area contributed by atoms with Crippen molar-refractivity contribution in [1.82, 2.24) is 25.6 Å². The van der Waals surface area contributed by atoms with Crippen molar-refractivity contribution in [2.24, 2.45) is 5.92 Å². The van der Waals surface area contributed by atoms with Crippen LogP contribution in [0.4, 0.5) is 0 Å². The maximum atomic E-state index is 4.01. The van der Waals surface area contributed by atoms with Crippen molar-refractivity contribution < 1.29 is 0 Å². The lowest BCUT2D eigenvalue weighted by molar-refractivity contribution is 0.213. The Morgan fingerprint density at radius 2 is 2.16 bits per heavy atom. The molecular formula is C14H25N5. The molecule has 1 saturated carbocycles. The monoisotopic (exact) mass is 263 g/mol. The van der Waals surface area contributed by atoms with Crippen LogP contribution in [-0.4, -0.2) is 40.2 Å². The van der Waals surface area contributed by atoms with E-state index in [2.05, 4.69) is 20.9 Å². The predicted octanol–water partition coefficient (Wildman–Crippen LogP) is 1.18. The average Bonchev–Trinajstić information content (AvgIpc) is 3.12. The maximum Gasteiger partial charge on any atom is 0.0692 e. The molecule has 1 aliphatic heterocycles. The zero-order valence-corrected chi connectivity index (χ0v) is 11.6. The first-order valence-electron chi connectivity index (χ1n) is 7.74. The molecule has 3 unspecified atom stereocenters. The Labute approximate surface area is 115 Å². The molecule has 1 aromatic heterocycles. The highest BCUT2D eigenvalue weighted by Gasteiger charge is 2.32. The minimum absolute atomic E-state index is 0.688. The molecule has 1 saturated heterocycles. The largest absolute Gasteiger partial charge is 0.314 e. The van der Waals surface area contributed by atoms with Crippen molar-refractivity contribution in [3.63, 3.8) is 0 Å². The highest BCUT2D eigenvalue weighted by Crippen LogP contribution is 2.30. The summed E-state index contributed by atoms with van der Waals surface area (Å²) in [5.41, 5.74) is 0. The van der Waals surface area contributed by atoms with Crippen LogP contribution in [0.25, 0.3) is 0 Å². The van der Waals surface area contributed by atoms with Crippen molar-refractivity contribution in [2.45, 2.75) is 57.2 Å². The Bertz CT molecular complexity index is 358. The number of aromatic nitrogens is 3. The predicted molar refractivity (Wildman–Crippen MR) is 74.8 cm³/mol.